The number of hydrogen-bond donors (Lipinski definition) is 2. The Kier molecular flexibility index (Phi) is 8.56. The van der Waals surface area contributed by atoms with E-state index < -0.39 is 24.4 Å². The van der Waals surface area contributed by atoms with Crippen LogP contribution in [0.4, 0.5) is 0 Å². The van der Waals surface area contributed by atoms with Crippen molar-refractivity contribution in [3.8, 4) is 0 Å². The third kappa shape index (κ3) is 8.42. The zero-order valence-electron chi connectivity index (χ0n) is 14.5. The molecule has 2 N–H and O–H groups in total. The first-order valence-corrected chi connectivity index (χ1v) is 10.2. The maximum Gasteiger partial charge on any atom is 0.307 e. The third-order valence-corrected chi connectivity index (χ3v) is 5.30. The molecule has 144 valence electrons. The van der Waals surface area contributed by atoms with E-state index in [1.807, 2.05) is 24.4 Å². The number of benzene rings is 1. The summed E-state index contributed by atoms with van der Waals surface area (Å²) in [6, 6.07) is 7.27. The molecule has 2 aromatic rings. The third-order valence-electron chi connectivity index (χ3n) is 3.07. The van der Waals surface area contributed by atoms with E-state index in [2.05, 4.69) is 15.8 Å². The molecule has 0 aliphatic carbocycles. The summed E-state index contributed by atoms with van der Waals surface area (Å²) in [5.41, 5.74) is 5.29. The van der Waals surface area contributed by atoms with E-state index in [-0.39, 0.29) is 12.8 Å². The molecule has 2 amide bonds. The second kappa shape index (κ2) is 10.9. The van der Waals surface area contributed by atoms with Gasteiger partial charge in [-0.05, 0) is 31.2 Å². The molecule has 0 bridgehead atoms. The number of halogens is 1. The fourth-order valence-electron chi connectivity index (χ4n) is 1.84. The van der Waals surface area contributed by atoms with Gasteiger partial charge < -0.3 is 4.74 Å². The van der Waals surface area contributed by atoms with Gasteiger partial charge in [-0.2, -0.15) is 0 Å². The number of esters is 1. The molecule has 0 atom stereocenters. The number of aromatic nitrogens is 1. The number of carbonyl (C=O) groups excluding carboxylic acids is 3. The van der Waals surface area contributed by atoms with Gasteiger partial charge in [0, 0.05) is 26.7 Å². The van der Waals surface area contributed by atoms with Crippen molar-refractivity contribution < 1.29 is 19.1 Å². The molecule has 2 rings (SSSR count). The molecule has 0 saturated carbocycles. The van der Waals surface area contributed by atoms with Gasteiger partial charge >= 0.3 is 5.97 Å². The fraction of sp³-hybridized carbons (Fsp3) is 0.294. The van der Waals surface area contributed by atoms with Crippen LogP contribution in [0.5, 0.6) is 0 Å². The normalized spacial score (nSPS) is 10.3. The number of hydrazine groups is 1. The van der Waals surface area contributed by atoms with Gasteiger partial charge in [-0.3, -0.25) is 25.2 Å². The zero-order valence-corrected chi connectivity index (χ0v) is 16.9. The van der Waals surface area contributed by atoms with Gasteiger partial charge in [0.25, 0.3) is 5.91 Å². The first-order valence-electron chi connectivity index (χ1n) is 7.95. The average Bonchev–Trinajstić information content (AvgIpc) is 3.04. The Labute approximate surface area is 169 Å². The molecule has 0 fully saturated rings. The van der Waals surface area contributed by atoms with E-state index in [1.165, 1.54) is 23.1 Å². The predicted octanol–water partition coefficient (Wildman–Crippen LogP) is 2.52. The van der Waals surface area contributed by atoms with Crippen molar-refractivity contribution in [1.29, 1.82) is 0 Å². The minimum absolute atomic E-state index is 0.0699. The molecule has 1 aromatic carbocycles. The molecule has 0 radical (unpaired) electrons. The van der Waals surface area contributed by atoms with Gasteiger partial charge in [0.2, 0.25) is 5.91 Å². The number of nitrogens with zero attached hydrogens (tertiary/aromatic N) is 1. The largest absolute Gasteiger partial charge is 0.455 e. The molecule has 0 aliphatic rings. The molecule has 1 heterocycles. The van der Waals surface area contributed by atoms with E-state index in [0.717, 1.165) is 10.6 Å². The van der Waals surface area contributed by atoms with Crippen LogP contribution in [0.3, 0.4) is 0 Å². The van der Waals surface area contributed by atoms with Crippen LogP contribution in [0.25, 0.3) is 0 Å². The van der Waals surface area contributed by atoms with Gasteiger partial charge in [0.05, 0.1) is 12.8 Å². The summed E-state index contributed by atoms with van der Waals surface area (Å²) in [5, 5.41) is 3.15. The van der Waals surface area contributed by atoms with Crippen LogP contribution in [0.15, 0.2) is 34.5 Å². The molecule has 10 heteroatoms. The number of rotatable bonds is 8. The minimum Gasteiger partial charge on any atom is -0.455 e. The van der Waals surface area contributed by atoms with Crippen LogP contribution in [0.1, 0.15) is 17.1 Å². The highest BCUT2D eigenvalue weighted by atomic mass is 35.5. The Morgan fingerprint density at radius 1 is 1.19 bits per heavy atom. The number of carbonyl (C=O) groups is 3. The summed E-state index contributed by atoms with van der Waals surface area (Å²) < 4.78 is 4.87. The van der Waals surface area contributed by atoms with E-state index in [0.29, 0.717) is 15.8 Å². The van der Waals surface area contributed by atoms with Crippen molar-refractivity contribution >= 4 is 52.5 Å². The smallest absolute Gasteiger partial charge is 0.307 e. The van der Waals surface area contributed by atoms with Gasteiger partial charge in [0.15, 0.2) is 6.61 Å². The monoisotopic (exact) mass is 427 g/mol. The Balaban J connectivity index is 1.56. The van der Waals surface area contributed by atoms with Crippen molar-refractivity contribution in [2.45, 2.75) is 24.7 Å². The summed E-state index contributed by atoms with van der Waals surface area (Å²) in [5.74, 6) is -0.983. The van der Waals surface area contributed by atoms with Gasteiger partial charge in [-0.25, -0.2) is 4.98 Å². The Hall–Kier alpha value is -2.10. The molecular weight excluding hydrogens is 410 g/mol. The molecule has 0 aliphatic heterocycles. The van der Waals surface area contributed by atoms with Gasteiger partial charge in [-0.15, -0.1) is 23.1 Å². The van der Waals surface area contributed by atoms with Crippen LogP contribution < -0.4 is 10.9 Å². The summed E-state index contributed by atoms with van der Waals surface area (Å²) in [6.07, 6.45) is 0.233. The number of nitrogens with one attached hydrogen (secondary N) is 2. The second-order valence-electron chi connectivity index (χ2n) is 5.37. The van der Waals surface area contributed by atoms with Crippen LogP contribution >= 0.6 is 34.7 Å². The lowest BCUT2D eigenvalue weighted by molar-refractivity contribution is -0.148. The first kappa shape index (κ1) is 21.2. The Morgan fingerprint density at radius 2 is 1.89 bits per heavy atom. The number of thioether (sulfide) groups is 1. The standard InChI is InChI=1S/C17H18ClN3O4S2/c1-11-10-27-16(19-11)8-14(22)20-21-15(23)9-25-17(24)6-7-26-13-4-2-12(18)3-5-13/h2-5,10H,6-9H2,1H3,(H,20,22)(H,21,23). The summed E-state index contributed by atoms with van der Waals surface area (Å²) >= 11 is 8.66. The molecule has 1 aromatic heterocycles. The molecule has 0 saturated heterocycles. The molecule has 0 unspecified atom stereocenters. The van der Waals surface area contributed by atoms with Crippen molar-refractivity contribution in [3.63, 3.8) is 0 Å². The minimum atomic E-state index is -0.614. The quantitative estimate of drug-likeness (QED) is 0.381. The summed E-state index contributed by atoms with van der Waals surface area (Å²) in [6.45, 7) is 1.38. The number of aryl methyl sites for hydroxylation is 1. The van der Waals surface area contributed by atoms with Gasteiger partial charge in [0.1, 0.15) is 5.01 Å². The summed E-state index contributed by atoms with van der Waals surface area (Å²) in [7, 11) is 0. The van der Waals surface area contributed by atoms with E-state index >= 15 is 0 Å². The highest BCUT2D eigenvalue weighted by Gasteiger charge is 2.10. The first-order chi connectivity index (χ1) is 12.9. The van der Waals surface area contributed by atoms with E-state index in [9.17, 15) is 14.4 Å². The van der Waals surface area contributed by atoms with Crippen molar-refractivity contribution in [1.82, 2.24) is 15.8 Å². The zero-order chi connectivity index (χ0) is 19.6. The maximum absolute atomic E-state index is 11.7. The highest BCUT2D eigenvalue weighted by molar-refractivity contribution is 7.99. The lowest BCUT2D eigenvalue weighted by Crippen LogP contribution is -2.44. The fourth-order valence-corrected chi connectivity index (χ4v) is 3.57. The van der Waals surface area contributed by atoms with Crippen LogP contribution in [-0.4, -0.2) is 35.1 Å². The molecule has 7 nitrogen and oxygen atoms in total. The average molecular weight is 428 g/mol. The second-order valence-corrected chi connectivity index (χ2v) is 7.92. The van der Waals surface area contributed by atoms with E-state index in [1.54, 1.807) is 12.1 Å². The highest BCUT2D eigenvalue weighted by Crippen LogP contribution is 2.20. The SMILES string of the molecule is Cc1csc(CC(=O)NNC(=O)COC(=O)CCSc2ccc(Cl)cc2)n1. The lowest BCUT2D eigenvalue weighted by Gasteiger charge is -2.07. The lowest BCUT2D eigenvalue weighted by atomic mass is 10.4. The Morgan fingerprint density at radius 3 is 2.56 bits per heavy atom. The summed E-state index contributed by atoms with van der Waals surface area (Å²) in [4.78, 5) is 40.1. The van der Waals surface area contributed by atoms with Crippen molar-refractivity contribution in [3.05, 3.63) is 45.4 Å². The number of thiazole rings is 1. The Bertz CT molecular complexity index is 796. The number of ether oxygens (including phenoxy) is 1. The van der Waals surface area contributed by atoms with Crippen LogP contribution in [0.2, 0.25) is 5.02 Å². The number of amides is 2. The van der Waals surface area contributed by atoms with Crippen LogP contribution in [0, 0.1) is 6.92 Å². The predicted molar refractivity (Wildman–Crippen MR) is 105 cm³/mol. The molecule has 27 heavy (non-hydrogen) atoms. The molecular formula is C17H18ClN3O4S2. The topological polar surface area (TPSA) is 97.4 Å². The van der Waals surface area contributed by atoms with Crippen LogP contribution in [-0.2, 0) is 25.5 Å². The van der Waals surface area contributed by atoms with E-state index in [4.69, 9.17) is 16.3 Å². The number of hydrogen-bond acceptors (Lipinski definition) is 7. The maximum atomic E-state index is 11.7. The van der Waals surface area contributed by atoms with Crippen molar-refractivity contribution in [2.24, 2.45) is 0 Å². The van der Waals surface area contributed by atoms with Crippen molar-refractivity contribution in [2.75, 3.05) is 12.4 Å². The molecule has 0 spiro atoms. The van der Waals surface area contributed by atoms with Gasteiger partial charge in [-0.1, -0.05) is 11.6 Å².